The highest BCUT2D eigenvalue weighted by atomic mass is 16.4. The number of hydrogen-bond acceptors (Lipinski definition) is 3. The van der Waals surface area contributed by atoms with Crippen molar-refractivity contribution >= 4 is 11.8 Å². The van der Waals surface area contributed by atoms with E-state index >= 15 is 0 Å². The van der Waals surface area contributed by atoms with Gasteiger partial charge in [0.25, 0.3) is 0 Å². The van der Waals surface area contributed by atoms with E-state index in [4.69, 9.17) is 0 Å². The molecule has 1 unspecified atom stereocenters. The van der Waals surface area contributed by atoms with Crippen molar-refractivity contribution in [1.82, 2.24) is 4.90 Å². The van der Waals surface area contributed by atoms with Gasteiger partial charge in [0, 0.05) is 11.5 Å². The average Bonchev–Trinajstić information content (AvgIpc) is 2.55. The Morgan fingerprint density at radius 2 is 1.75 bits per heavy atom. The third kappa shape index (κ3) is 4.67. The maximum absolute atomic E-state index is 12.7. The van der Waals surface area contributed by atoms with Gasteiger partial charge < -0.3 is 5.11 Å². The fourth-order valence-corrected chi connectivity index (χ4v) is 3.57. The maximum atomic E-state index is 12.7. The Balaban J connectivity index is 1.94. The molecule has 0 aliphatic carbocycles. The third-order valence-corrected chi connectivity index (χ3v) is 4.90. The zero-order chi connectivity index (χ0) is 17.7. The van der Waals surface area contributed by atoms with Gasteiger partial charge in [0.15, 0.2) is 5.78 Å². The van der Waals surface area contributed by atoms with Crippen molar-refractivity contribution in [3.8, 4) is 0 Å². The van der Waals surface area contributed by atoms with Crippen LogP contribution in [0, 0.1) is 11.8 Å². The summed E-state index contributed by atoms with van der Waals surface area (Å²) >= 11 is 0. The number of piperidine rings is 1. The Hall–Kier alpha value is -1.68. The molecule has 1 fully saturated rings. The van der Waals surface area contributed by atoms with Crippen LogP contribution in [-0.4, -0.2) is 40.9 Å². The zero-order valence-corrected chi connectivity index (χ0v) is 15.0. The monoisotopic (exact) mass is 331 g/mol. The fourth-order valence-electron chi connectivity index (χ4n) is 3.57. The molecule has 1 N–H and O–H groups in total. The lowest BCUT2D eigenvalue weighted by Crippen LogP contribution is -2.46. The minimum absolute atomic E-state index is 0.0171. The van der Waals surface area contributed by atoms with Crippen molar-refractivity contribution in [3.05, 3.63) is 35.4 Å². The standard InChI is InChI=1S/C20H29NO3/c1-4-18(20(23)24)21-11-9-17(10-12-21)19(22)16-7-5-15(6-8-16)13-14(2)3/h5-8,14,17-18H,4,9-13H2,1-3H3,(H,23,24). The molecule has 0 radical (unpaired) electrons. The summed E-state index contributed by atoms with van der Waals surface area (Å²) in [6, 6.07) is 7.58. The topological polar surface area (TPSA) is 57.6 Å². The fraction of sp³-hybridized carbons (Fsp3) is 0.600. The van der Waals surface area contributed by atoms with Crippen LogP contribution in [0.15, 0.2) is 24.3 Å². The molecule has 4 heteroatoms. The average molecular weight is 331 g/mol. The van der Waals surface area contributed by atoms with E-state index in [9.17, 15) is 14.7 Å². The quantitative estimate of drug-likeness (QED) is 0.775. The van der Waals surface area contributed by atoms with Crippen LogP contribution < -0.4 is 0 Å². The van der Waals surface area contributed by atoms with Crippen LogP contribution in [0.3, 0.4) is 0 Å². The lowest BCUT2D eigenvalue weighted by Gasteiger charge is -2.34. The molecule has 1 aromatic carbocycles. The molecule has 1 aromatic rings. The Bertz CT molecular complexity index is 557. The van der Waals surface area contributed by atoms with E-state index in [1.54, 1.807) is 0 Å². The number of likely N-dealkylation sites (tertiary alicyclic amines) is 1. The number of Topliss-reactive ketones (excluding diaryl/α,β-unsaturated/α-hetero) is 1. The highest BCUT2D eigenvalue weighted by molar-refractivity contribution is 5.98. The number of aliphatic carboxylic acids is 1. The summed E-state index contributed by atoms with van der Waals surface area (Å²) in [5.74, 6) is 0.0669. The van der Waals surface area contributed by atoms with Gasteiger partial charge in [-0.1, -0.05) is 45.0 Å². The Kier molecular flexibility index (Phi) is 6.55. The summed E-state index contributed by atoms with van der Waals surface area (Å²) in [7, 11) is 0. The predicted molar refractivity (Wildman–Crippen MR) is 95.3 cm³/mol. The minimum Gasteiger partial charge on any atom is -0.480 e. The summed E-state index contributed by atoms with van der Waals surface area (Å²) in [6.45, 7) is 7.65. The molecule has 1 heterocycles. The van der Waals surface area contributed by atoms with Crippen LogP contribution in [-0.2, 0) is 11.2 Å². The number of ketones is 1. The van der Waals surface area contributed by atoms with Gasteiger partial charge in [0.2, 0.25) is 0 Å². The summed E-state index contributed by atoms with van der Waals surface area (Å²) < 4.78 is 0. The number of carbonyl (C=O) groups excluding carboxylic acids is 1. The van der Waals surface area contributed by atoms with Crippen LogP contribution >= 0.6 is 0 Å². The summed E-state index contributed by atoms with van der Waals surface area (Å²) in [4.78, 5) is 25.9. The van der Waals surface area contributed by atoms with E-state index in [-0.39, 0.29) is 11.7 Å². The van der Waals surface area contributed by atoms with Crippen LogP contribution in [0.2, 0.25) is 0 Å². The van der Waals surface area contributed by atoms with Crippen molar-refractivity contribution in [3.63, 3.8) is 0 Å². The summed E-state index contributed by atoms with van der Waals surface area (Å²) in [5.41, 5.74) is 2.05. The lowest BCUT2D eigenvalue weighted by molar-refractivity contribution is -0.144. The van der Waals surface area contributed by atoms with Gasteiger partial charge in [-0.25, -0.2) is 0 Å². The molecule has 1 saturated heterocycles. The lowest BCUT2D eigenvalue weighted by atomic mass is 9.87. The number of carboxylic acids is 1. The molecule has 0 bridgehead atoms. The molecule has 0 amide bonds. The van der Waals surface area contributed by atoms with E-state index in [0.29, 0.717) is 25.4 Å². The van der Waals surface area contributed by atoms with Crippen LogP contribution in [0.1, 0.15) is 56.0 Å². The molecular weight excluding hydrogens is 302 g/mol. The Morgan fingerprint density at radius 1 is 1.17 bits per heavy atom. The first-order valence-corrected chi connectivity index (χ1v) is 9.02. The Morgan fingerprint density at radius 3 is 2.21 bits per heavy atom. The zero-order valence-electron chi connectivity index (χ0n) is 15.0. The van der Waals surface area contributed by atoms with Crippen molar-refractivity contribution in [1.29, 1.82) is 0 Å². The van der Waals surface area contributed by atoms with Crippen molar-refractivity contribution in [2.75, 3.05) is 13.1 Å². The second-order valence-electron chi connectivity index (χ2n) is 7.23. The largest absolute Gasteiger partial charge is 0.480 e. The third-order valence-electron chi connectivity index (χ3n) is 4.90. The SMILES string of the molecule is CCC(C(=O)O)N1CCC(C(=O)c2ccc(CC(C)C)cc2)CC1. The molecule has 132 valence electrons. The van der Waals surface area contributed by atoms with Gasteiger partial charge in [-0.15, -0.1) is 0 Å². The summed E-state index contributed by atoms with van der Waals surface area (Å²) in [6.07, 6.45) is 3.12. The molecule has 0 aromatic heterocycles. The first kappa shape index (κ1) is 18.7. The van der Waals surface area contributed by atoms with Gasteiger partial charge >= 0.3 is 5.97 Å². The molecule has 2 rings (SSSR count). The first-order valence-electron chi connectivity index (χ1n) is 9.02. The first-order chi connectivity index (χ1) is 11.4. The van der Waals surface area contributed by atoms with Crippen LogP contribution in [0.4, 0.5) is 0 Å². The van der Waals surface area contributed by atoms with E-state index in [0.717, 1.165) is 24.8 Å². The van der Waals surface area contributed by atoms with E-state index in [2.05, 4.69) is 26.0 Å². The minimum atomic E-state index is -0.761. The molecule has 1 aliphatic heterocycles. The number of carboxylic acid groups (broad SMARTS) is 1. The van der Waals surface area contributed by atoms with Gasteiger partial charge in [-0.3, -0.25) is 14.5 Å². The normalized spacial score (nSPS) is 17.8. The highest BCUT2D eigenvalue weighted by Gasteiger charge is 2.31. The van der Waals surface area contributed by atoms with Gasteiger partial charge in [0.1, 0.15) is 6.04 Å². The Labute approximate surface area is 144 Å². The molecule has 1 atom stereocenters. The number of carbonyl (C=O) groups is 2. The molecule has 4 nitrogen and oxygen atoms in total. The van der Waals surface area contributed by atoms with Gasteiger partial charge in [-0.05, 0) is 50.3 Å². The van der Waals surface area contributed by atoms with Crippen molar-refractivity contribution in [2.45, 2.75) is 52.5 Å². The summed E-state index contributed by atoms with van der Waals surface area (Å²) in [5, 5.41) is 9.26. The molecular formula is C20H29NO3. The molecule has 0 spiro atoms. The van der Waals surface area contributed by atoms with E-state index < -0.39 is 12.0 Å². The van der Waals surface area contributed by atoms with E-state index in [1.165, 1.54) is 5.56 Å². The maximum Gasteiger partial charge on any atom is 0.320 e. The predicted octanol–water partition coefficient (Wildman–Crippen LogP) is 3.64. The van der Waals surface area contributed by atoms with E-state index in [1.807, 2.05) is 24.0 Å². The highest BCUT2D eigenvalue weighted by Crippen LogP contribution is 2.24. The number of benzene rings is 1. The smallest absolute Gasteiger partial charge is 0.320 e. The second kappa shape index (κ2) is 8.43. The van der Waals surface area contributed by atoms with Crippen molar-refractivity contribution < 1.29 is 14.7 Å². The number of hydrogen-bond donors (Lipinski definition) is 1. The van der Waals surface area contributed by atoms with Crippen LogP contribution in [0.5, 0.6) is 0 Å². The number of rotatable bonds is 7. The molecule has 0 saturated carbocycles. The second-order valence-corrected chi connectivity index (χ2v) is 7.23. The van der Waals surface area contributed by atoms with Gasteiger partial charge in [0.05, 0.1) is 0 Å². The number of nitrogens with zero attached hydrogens (tertiary/aromatic N) is 1. The molecule has 24 heavy (non-hydrogen) atoms. The van der Waals surface area contributed by atoms with Gasteiger partial charge in [-0.2, -0.15) is 0 Å². The molecule has 1 aliphatic rings. The van der Waals surface area contributed by atoms with Crippen molar-refractivity contribution in [2.24, 2.45) is 11.8 Å². The van der Waals surface area contributed by atoms with Crippen LogP contribution in [0.25, 0.3) is 0 Å².